The van der Waals surface area contributed by atoms with Crippen molar-refractivity contribution in [2.75, 3.05) is 6.54 Å². The first-order valence-corrected chi connectivity index (χ1v) is 7.51. The fraction of sp³-hybridized carbons (Fsp3) is 0.923. The molecule has 1 heterocycles. The molecule has 0 aromatic rings. The van der Waals surface area contributed by atoms with Gasteiger partial charge in [-0.25, -0.2) is 0 Å². The second kappa shape index (κ2) is 6.01. The van der Waals surface area contributed by atoms with Crippen molar-refractivity contribution < 1.29 is 19.9 Å². The number of aliphatic carboxylic acids is 1. The third kappa shape index (κ3) is 3.16. The van der Waals surface area contributed by atoms with Crippen LogP contribution in [0.3, 0.4) is 0 Å². The van der Waals surface area contributed by atoms with E-state index in [9.17, 15) is 9.90 Å². The highest BCUT2D eigenvalue weighted by molar-refractivity contribution is 6.40. The van der Waals surface area contributed by atoms with Crippen LogP contribution in [0.25, 0.3) is 0 Å². The van der Waals surface area contributed by atoms with Gasteiger partial charge in [-0.2, -0.15) is 0 Å². The smallest absolute Gasteiger partial charge is 0.451 e. The Labute approximate surface area is 119 Å². The van der Waals surface area contributed by atoms with E-state index in [0.717, 1.165) is 32.2 Å². The van der Waals surface area contributed by atoms with Crippen LogP contribution in [0.1, 0.15) is 44.9 Å². The lowest BCUT2D eigenvalue weighted by Gasteiger charge is -2.46. The van der Waals surface area contributed by atoms with Gasteiger partial charge in [-0.1, -0.05) is 6.42 Å². The van der Waals surface area contributed by atoms with Crippen molar-refractivity contribution >= 4 is 13.1 Å². The van der Waals surface area contributed by atoms with Crippen LogP contribution >= 0.6 is 0 Å². The molecule has 6 N–H and O–H groups in total. The van der Waals surface area contributed by atoms with Gasteiger partial charge in [-0.05, 0) is 57.3 Å². The summed E-state index contributed by atoms with van der Waals surface area (Å²) in [4.78, 5) is 11.5. The van der Waals surface area contributed by atoms with Crippen molar-refractivity contribution in [2.24, 2.45) is 11.7 Å². The van der Waals surface area contributed by atoms with Crippen LogP contribution in [-0.4, -0.2) is 45.9 Å². The molecule has 7 heteroatoms. The summed E-state index contributed by atoms with van der Waals surface area (Å²) >= 11 is 0. The van der Waals surface area contributed by atoms with Gasteiger partial charge in [0.25, 0.3) is 0 Å². The van der Waals surface area contributed by atoms with Gasteiger partial charge in [0.05, 0.1) is 0 Å². The predicted molar refractivity (Wildman–Crippen MR) is 76.1 cm³/mol. The van der Waals surface area contributed by atoms with Gasteiger partial charge in [0.15, 0.2) is 0 Å². The molecule has 0 bridgehead atoms. The van der Waals surface area contributed by atoms with Gasteiger partial charge in [-0.3, -0.25) is 4.79 Å². The van der Waals surface area contributed by atoms with Crippen LogP contribution in [0, 0.1) is 5.92 Å². The van der Waals surface area contributed by atoms with E-state index in [2.05, 4.69) is 5.32 Å². The van der Waals surface area contributed by atoms with Crippen LogP contribution < -0.4 is 11.1 Å². The number of nitrogens with two attached hydrogens (primary N) is 1. The molecule has 20 heavy (non-hydrogen) atoms. The first-order chi connectivity index (χ1) is 9.38. The molecule has 0 amide bonds. The van der Waals surface area contributed by atoms with Crippen molar-refractivity contribution in [3.63, 3.8) is 0 Å². The zero-order chi connectivity index (χ0) is 14.8. The molecular weight excluding hydrogens is 259 g/mol. The maximum Gasteiger partial charge on any atom is 0.451 e. The molecule has 114 valence electrons. The monoisotopic (exact) mass is 284 g/mol. The summed E-state index contributed by atoms with van der Waals surface area (Å²) in [6, 6.07) is 0. The Bertz CT molecular complexity index is 360. The molecule has 0 radical (unpaired) electrons. The molecule has 2 fully saturated rings. The average molecular weight is 284 g/mol. The zero-order valence-electron chi connectivity index (χ0n) is 11.8. The Morgan fingerprint density at radius 2 is 2.10 bits per heavy atom. The highest BCUT2D eigenvalue weighted by Crippen LogP contribution is 2.44. The standard InChI is InChI=1S/C13H25BN2O4/c15-13(11(17)18)6-5-12(4-2-8-16-12)9-10(13)3-1-7-14(19)20/h10,16,19-20H,1-9,15H2,(H,17,18). The highest BCUT2D eigenvalue weighted by atomic mass is 16.4. The van der Waals surface area contributed by atoms with Gasteiger partial charge in [0, 0.05) is 5.54 Å². The second-order valence-electron chi connectivity index (χ2n) is 6.47. The van der Waals surface area contributed by atoms with E-state index in [4.69, 9.17) is 15.8 Å². The first kappa shape index (κ1) is 15.8. The number of carbonyl (C=O) groups is 1. The maximum absolute atomic E-state index is 11.5. The molecule has 2 rings (SSSR count). The summed E-state index contributed by atoms with van der Waals surface area (Å²) in [5.74, 6) is -1.04. The Morgan fingerprint density at radius 3 is 2.65 bits per heavy atom. The lowest BCUT2D eigenvalue weighted by Crippen LogP contribution is -2.61. The third-order valence-electron chi connectivity index (χ3n) is 5.13. The molecule has 1 saturated carbocycles. The molecule has 0 aromatic heterocycles. The number of rotatable bonds is 5. The summed E-state index contributed by atoms with van der Waals surface area (Å²) < 4.78 is 0. The van der Waals surface area contributed by atoms with Gasteiger partial charge < -0.3 is 26.2 Å². The highest BCUT2D eigenvalue weighted by Gasteiger charge is 2.51. The Morgan fingerprint density at radius 1 is 1.35 bits per heavy atom. The molecule has 1 aliphatic carbocycles. The van der Waals surface area contributed by atoms with Gasteiger partial charge >= 0.3 is 13.1 Å². The minimum absolute atomic E-state index is 0.0564. The van der Waals surface area contributed by atoms with Crippen LogP contribution in [0.4, 0.5) is 0 Å². The van der Waals surface area contributed by atoms with Crippen LogP contribution in [-0.2, 0) is 4.79 Å². The quantitative estimate of drug-likeness (QED) is 0.452. The Balaban J connectivity index is 2.04. The number of hydrogen-bond donors (Lipinski definition) is 5. The predicted octanol–water partition coefficient (Wildman–Crippen LogP) is -0.0562. The average Bonchev–Trinajstić information content (AvgIpc) is 2.82. The second-order valence-corrected chi connectivity index (χ2v) is 6.47. The lowest BCUT2D eigenvalue weighted by atomic mass is 9.63. The van der Waals surface area contributed by atoms with Crippen molar-refractivity contribution in [1.29, 1.82) is 0 Å². The number of carboxylic acid groups (broad SMARTS) is 1. The molecule has 6 nitrogen and oxygen atoms in total. The van der Waals surface area contributed by atoms with Crippen LogP contribution in [0.15, 0.2) is 0 Å². The molecular formula is C13H25BN2O4. The third-order valence-corrected chi connectivity index (χ3v) is 5.13. The first-order valence-electron chi connectivity index (χ1n) is 7.51. The summed E-state index contributed by atoms with van der Waals surface area (Å²) in [5, 5.41) is 30.8. The van der Waals surface area contributed by atoms with E-state index < -0.39 is 18.6 Å². The number of carboxylic acids is 1. The molecule has 2 aliphatic rings. The van der Waals surface area contributed by atoms with E-state index in [-0.39, 0.29) is 17.8 Å². The molecule has 1 spiro atoms. The van der Waals surface area contributed by atoms with E-state index >= 15 is 0 Å². The van der Waals surface area contributed by atoms with Crippen molar-refractivity contribution in [1.82, 2.24) is 5.32 Å². The topological polar surface area (TPSA) is 116 Å². The van der Waals surface area contributed by atoms with E-state index in [1.807, 2.05) is 0 Å². The minimum atomic E-state index is -1.32. The Hall–Kier alpha value is -0.625. The molecule has 3 unspecified atom stereocenters. The van der Waals surface area contributed by atoms with E-state index in [1.165, 1.54) is 0 Å². The van der Waals surface area contributed by atoms with Crippen molar-refractivity contribution in [2.45, 2.75) is 62.3 Å². The summed E-state index contributed by atoms with van der Waals surface area (Å²) in [6.45, 7) is 0.993. The number of hydrogen-bond acceptors (Lipinski definition) is 5. The molecule has 1 aliphatic heterocycles. The van der Waals surface area contributed by atoms with Gasteiger partial charge in [0.2, 0.25) is 0 Å². The van der Waals surface area contributed by atoms with Gasteiger partial charge in [-0.15, -0.1) is 0 Å². The van der Waals surface area contributed by atoms with Crippen molar-refractivity contribution in [3.05, 3.63) is 0 Å². The van der Waals surface area contributed by atoms with Crippen molar-refractivity contribution in [3.8, 4) is 0 Å². The minimum Gasteiger partial charge on any atom is -0.480 e. The summed E-state index contributed by atoms with van der Waals surface area (Å²) in [5.41, 5.74) is 5.05. The summed E-state index contributed by atoms with van der Waals surface area (Å²) in [6.07, 6.45) is 5.78. The van der Waals surface area contributed by atoms with Gasteiger partial charge in [0.1, 0.15) is 5.54 Å². The van der Waals surface area contributed by atoms with E-state index in [1.54, 1.807) is 0 Å². The van der Waals surface area contributed by atoms with E-state index in [0.29, 0.717) is 19.3 Å². The normalized spacial score (nSPS) is 37.2. The maximum atomic E-state index is 11.5. The molecule has 1 saturated heterocycles. The largest absolute Gasteiger partial charge is 0.480 e. The fourth-order valence-corrected chi connectivity index (χ4v) is 3.85. The summed E-state index contributed by atoms with van der Waals surface area (Å²) in [7, 11) is -1.32. The lowest BCUT2D eigenvalue weighted by molar-refractivity contribution is -0.148. The van der Waals surface area contributed by atoms with Crippen LogP contribution in [0.2, 0.25) is 6.32 Å². The van der Waals surface area contributed by atoms with Crippen LogP contribution in [0.5, 0.6) is 0 Å². The molecule has 0 aromatic carbocycles. The SMILES string of the molecule is NC1(C(=O)O)CCC2(CCCN2)CC1CCCB(O)O. The fourth-order valence-electron chi connectivity index (χ4n) is 3.85. The Kier molecular flexibility index (Phi) is 4.74. The molecule has 3 atom stereocenters. The zero-order valence-corrected chi connectivity index (χ0v) is 11.8. The number of nitrogens with one attached hydrogen (secondary N) is 1.